The Hall–Kier alpha value is -3.12. The molecule has 1 unspecified atom stereocenters. The highest BCUT2D eigenvalue weighted by Gasteiger charge is 2.34. The van der Waals surface area contributed by atoms with Crippen LogP contribution in [0.1, 0.15) is 35.2 Å². The average molecular weight is 585 g/mol. The molecule has 0 saturated carbocycles. The Labute approximate surface area is 234 Å². The highest BCUT2D eigenvalue weighted by molar-refractivity contribution is 7.90. The number of hydrogen-bond acceptors (Lipinski definition) is 7. The maximum Gasteiger partial charge on any atom is 0.258 e. The molecule has 2 aliphatic heterocycles. The molecule has 9 nitrogen and oxygen atoms in total. The molecule has 0 aliphatic carbocycles. The van der Waals surface area contributed by atoms with Gasteiger partial charge in [0.1, 0.15) is 5.78 Å². The lowest BCUT2D eigenvalue weighted by atomic mass is 9.89. The van der Waals surface area contributed by atoms with Crippen molar-refractivity contribution < 1.29 is 31.2 Å². The second-order valence-electron chi connectivity index (χ2n) is 10.4. The first-order chi connectivity index (χ1) is 19.0. The molecule has 212 valence electrons. The summed E-state index contributed by atoms with van der Waals surface area (Å²) >= 11 is 0. The first-order valence-electron chi connectivity index (χ1n) is 13.2. The third-order valence-electron chi connectivity index (χ3n) is 7.70. The Balaban J connectivity index is 1.34. The van der Waals surface area contributed by atoms with Crippen molar-refractivity contribution in [3.8, 4) is 0 Å². The summed E-state index contributed by atoms with van der Waals surface area (Å²) in [6, 6.07) is 14.5. The van der Waals surface area contributed by atoms with E-state index in [-0.39, 0.29) is 34.4 Å². The largest absolute Gasteiger partial charge is 0.385 e. The van der Waals surface area contributed by atoms with Gasteiger partial charge in [0, 0.05) is 62.9 Å². The maximum absolute atomic E-state index is 13.5. The van der Waals surface area contributed by atoms with Gasteiger partial charge in [-0.15, -0.1) is 0 Å². The van der Waals surface area contributed by atoms with Gasteiger partial charge in [-0.1, -0.05) is 18.2 Å². The first-order valence-corrected chi connectivity index (χ1v) is 16.5. The van der Waals surface area contributed by atoms with Gasteiger partial charge in [0.15, 0.2) is 9.84 Å². The number of nitrogens with zero attached hydrogens (tertiary/aromatic N) is 2. The van der Waals surface area contributed by atoms with Gasteiger partial charge >= 0.3 is 0 Å². The number of methoxy groups -OCH3 is 1. The molecule has 3 aromatic carbocycles. The van der Waals surface area contributed by atoms with Crippen LogP contribution in [0.25, 0.3) is 10.8 Å². The molecule has 0 N–H and O–H groups in total. The zero-order chi connectivity index (χ0) is 28.7. The number of carbonyl (C=O) groups is 2. The summed E-state index contributed by atoms with van der Waals surface area (Å²) in [6.07, 6.45) is 3.05. The molecule has 1 amide bonds. The molecule has 1 fully saturated rings. The van der Waals surface area contributed by atoms with Crippen LogP contribution in [0.2, 0.25) is 0 Å². The quantitative estimate of drug-likeness (QED) is 0.335. The lowest BCUT2D eigenvalue weighted by Gasteiger charge is -2.31. The minimum atomic E-state index is -3.89. The molecular formula is C29H32N2O7S2. The zero-order valence-electron chi connectivity index (χ0n) is 22.5. The van der Waals surface area contributed by atoms with Crippen molar-refractivity contribution in [3.63, 3.8) is 0 Å². The summed E-state index contributed by atoms with van der Waals surface area (Å²) in [7, 11) is -5.71. The van der Waals surface area contributed by atoms with Gasteiger partial charge < -0.3 is 9.64 Å². The van der Waals surface area contributed by atoms with Crippen LogP contribution in [0, 0.1) is 5.92 Å². The van der Waals surface area contributed by atoms with Crippen LogP contribution in [-0.4, -0.2) is 72.4 Å². The van der Waals surface area contributed by atoms with Gasteiger partial charge in [-0.2, -0.15) is 4.31 Å². The van der Waals surface area contributed by atoms with E-state index in [2.05, 4.69) is 0 Å². The van der Waals surface area contributed by atoms with Gasteiger partial charge in [-0.25, -0.2) is 16.8 Å². The number of piperidine rings is 1. The van der Waals surface area contributed by atoms with Crippen molar-refractivity contribution in [3.05, 3.63) is 65.7 Å². The van der Waals surface area contributed by atoms with Crippen LogP contribution in [0.15, 0.2) is 64.4 Å². The summed E-state index contributed by atoms with van der Waals surface area (Å²) in [4.78, 5) is 28.4. The Kier molecular flexibility index (Phi) is 7.84. The number of anilines is 1. The highest BCUT2D eigenvalue weighted by atomic mass is 32.2. The third-order valence-corrected chi connectivity index (χ3v) is 10.7. The predicted octanol–water partition coefficient (Wildman–Crippen LogP) is 3.45. The SMILES string of the molecule is COCCCN1C(=O)c2cccc3c(CC(=O)C4CCCN(S(=O)(=O)c5ccc(S(C)(=O)=O)cc5)C4)ccc1c23. The molecule has 11 heteroatoms. The van der Waals surface area contributed by atoms with E-state index in [0.29, 0.717) is 44.5 Å². The van der Waals surface area contributed by atoms with Crippen molar-refractivity contribution >= 4 is 48.0 Å². The van der Waals surface area contributed by atoms with Crippen LogP contribution in [0.3, 0.4) is 0 Å². The Morgan fingerprint density at radius 1 is 1.00 bits per heavy atom. The molecule has 3 aromatic rings. The molecule has 2 aliphatic rings. The monoisotopic (exact) mass is 584 g/mol. The van der Waals surface area contributed by atoms with E-state index in [1.54, 1.807) is 12.0 Å². The fraction of sp³-hybridized carbons (Fsp3) is 0.379. The molecule has 0 bridgehead atoms. The second kappa shape index (κ2) is 11.0. The number of ketones is 1. The minimum Gasteiger partial charge on any atom is -0.385 e. The van der Waals surface area contributed by atoms with Gasteiger partial charge in [-0.3, -0.25) is 9.59 Å². The molecule has 1 saturated heterocycles. The lowest BCUT2D eigenvalue weighted by Crippen LogP contribution is -2.42. The number of benzene rings is 3. The van der Waals surface area contributed by atoms with E-state index in [1.165, 1.54) is 28.6 Å². The summed E-state index contributed by atoms with van der Waals surface area (Å²) in [5.74, 6) is -0.568. The standard InChI is InChI=1S/C29H32N2O7S2/c1-38-17-5-16-31-26-14-9-20(24-7-3-8-25(28(24)26)29(31)33)18-27(32)21-6-4-15-30(19-21)40(36,37)23-12-10-22(11-13-23)39(2,34)35/h3,7-14,21H,4-6,15-19H2,1-2H3. The van der Waals surface area contributed by atoms with E-state index in [1.807, 2.05) is 30.3 Å². The van der Waals surface area contributed by atoms with Crippen LogP contribution in [0.5, 0.6) is 0 Å². The van der Waals surface area contributed by atoms with Gasteiger partial charge in [0.25, 0.3) is 5.91 Å². The number of rotatable bonds is 10. The zero-order valence-corrected chi connectivity index (χ0v) is 24.1. The summed E-state index contributed by atoms with van der Waals surface area (Å²) in [5, 5.41) is 1.71. The van der Waals surface area contributed by atoms with Crippen molar-refractivity contribution in [2.75, 3.05) is 44.5 Å². The summed E-state index contributed by atoms with van der Waals surface area (Å²) in [5.41, 5.74) is 2.27. The number of carbonyl (C=O) groups excluding carboxylic acids is 2. The van der Waals surface area contributed by atoms with E-state index in [4.69, 9.17) is 4.74 Å². The number of sulfone groups is 1. The smallest absolute Gasteiger partial charge is 0.258 e. The van der Waals surface area contributed by atoms with Crippen molar-refractivity contribution in [1.29, 1.82) is 0 Å². The Morgan fingerprint density at radius 2 is 1.73 bits per heavy atom. The fourth-order valence-electron chi connectivity index (χ4n) is 5.61. The molecule has 0 aromatic heterocycles. The maximum atomic E-state index is 13.5. The molecule has 0 radical (unpaired) electrons. The number of ether oxygens (including phenoxy) is 1. The highest BCUT2D eigenvalue weighted by Crippen LogP contribution is 2.39. The van der Waals surface area contributed by atoms with Crippen molar-refractivity contribution in [2.45, 2.75) is 35.5 Å². The number of sulfonamides is 1. The molecule has 1 atom stereocenters. The molecule has 40 heavy (non-hydrogen) atoms. The molecule has 0 spiro atoms. The normalized spacial score (nSPS) is 18.0. The van der Waals surface area contributed by atoms with Crippen LogP contribution < -0.4 is 4.90 Å². The van der Waals surface area contributed by atoms with Gasteiger partial charge in [0.05, 0.1) is 15.5 Å². The Morgan fingerprint density at radius 3 is 2.42 bits per heavy atom. The minimum absolute atomic E-state index is 0.000207. The number of hydrogen-bond donors (Lipinski definition) is 0. The van der Waals surface area contributed by atoms with Crippen LogP contribution in [-0.2, 0) is 35.8 Å². The fourth-order valence-corrected chi connectivity index (χ4v) is 7.77. The van der Waals surface area contributed by atoms with E-state index in [9.17, 15) is 26.4 Å². The Bertz CT molecular complexity index is 1680. The third kappa shape index (κ3) is 5.30. The van der Waals surface area contributed by atoms with E-state index < -0.39 is 25.8 Å². The number of Topliss-reactive ketones (excluding diaryl/α,β-unsaturated/α-hetero) is 1. The second-order valence-corrected chi connectivity index (χ2v) is 14.3. The molecular weight excluding hydrogens is 552 g/mol. The van der Waals surface area contributed by atoms with Crippen LogP contribution in [0.4, 0.5) is 5.69 Å². The van der Waals surface area contributed by atoms with Crippen molar-refractivity contribution in [2.24, 2.45) is 5.92 Å². The topological polar surface area (TPSA) is 118 Å². The van der Waals surface area contributed by atoms with Crippen LogP contribution >= 0.6 is 0 Å². The lowest BCUT2D eigenvalue weighted by molar-refractivity contribution is -0.123. The average Bonchev–Trinajstić information content (AvgIpc) is 3.22. The molecule has 2 heterocycles. The summed E-state index contributed by atoms with van der Waals surface area (Å²) < 4.78 is 56.6. The van der Waals surface area contributed by atoms with E-state index >= 15 is 0 Å². The first kappa shape index (κ1) is 28.4. The molecule has 5 rings (SSSR count). The summed E-state index contributed by atoms with van der Waals surface area (Å²) in [6.45, 7) is 1.46. The van der Waals surface area contributed by atoms with E-state index in [0.717, 1.165) is 28.3 Å². The predicted molar refractivity (Wildman–Crippen MR) is 152 cm³/mol. The van der Waals surface area contributed by atoms with Gasteiger partial charge in [0.2, 0.25) is 10.0 Å². The van der Waals surface area contributed by atoms with Gasteiger partial charge in [-0.05, 0) is 66.6 Å². The van der Waals surface area contributed by atoms with Crippen molar-refractivity contribution in [1.82, 2.24) is 4.31 Å². The number of amides is 1.